The van der Waals surface area contributed by atoms with Crippen molar-refractivity contribution in [1.29, 1.82) is 0 Å². The van der Waals surface area contributed by atoms with Gasteiger partial charge in [-0.3, -0.25) is 9.97 Å². The van der Waals surface area contributed by atoms with E-state index in [1.807, 2.05) is 42.9 Å². The Kier molecular flexibility index (Phi) is 5.45. The van der Waals surface area contributed by atoms with Crippen LogP contribution in [0.4, 0.5) is 5.69 Å². The van der Waals surface area contributed by atoms with Crippen LogP contribution in [0.5, 0.6) is 0 Å². The Morgan fingerprint density at radius 1 is 0.969 bits per heavy atom. The number of rotatable bonds is 5. The van der Waals surface area contributed by atoms with Crippen LogP contribution in [-0.4, -0.2) is 19.6 Å². The van der Waals surface area contributed by atoms with Crippen molar-refractivity contribution in [2.45, 2.75) is 32.5 Å². The first-order valence-electron chi connectivity index (χ1n) is 10.7. The third-order valence-corrected chi connectivity index (χ3v) is 6.44. The summed E-state index contributed by atoms with van der Waals surface area (Å²) in [6, 6.07) is 22.7. The highest BCUT2D eigenvalue weighted by Crippen LogP contribution is 2.43. The lowest BCUT2D eigenvalue weighted by atomic mass is 9.96. The third-order valence-electron chi connectivity index (χ3n) is 6.13. The zero-order valence-electron chi connectivity index (χ0n) is 18.1. The van der Waals surface area contributed by atoms with Crippen molar-refractivity contribution in [3.63, 3.8) is 0 Å². The van der Waals surface area contributed by atoms with Crippen LogP contribution >= 0.6 is 12.2 Å². The molecule has 1 saturated heterocycles. The molecule has 1 N–H and O–H groups in total. The molecular formula is C26H25N5S. The lowest BCUT2D eigenvalue weighted by molar-refractivity contribution is 0.563. The number of aryl methyl sites for hydroxylation is 1. The Morgan fingerprint density at radius 2 is 1.78 bits per heavy atom. The van der Waals surface area contributed by atoms with E-state index in [4.69, 9.17) is 12.2 Å². The van der Waals surface area contributed by atoms with E-state index < -0.39 is 0 Å². The van der Waals surface area contributed by atoms with Crippen molar-refractivity contribution < 1.29 is 0 Å². The van der Waals surface area contributed by atoms with E-state index in [0.717, 1.165) is 17.9 Å². The number of aromatic nitrogens is 3. The van der Waals surface area contributed by atoms with E-state index in [9.17, 15) is 0 Å². The van der Waals surface area contributed by atoms with Crippen LogP contribution in [0.15, 0.2) is 85.3 Å². The van der Waals surface area contributed by atoms with E-state index >= 15 is 0 Å². The standard InChI is InChI=1S/C26H25N5S/c1-18-15-22(19(2)30(18)17-20-9-8-13-27-16-20)25-24(23-12-6-7-14-28-23)29-26(32)31(25)21-10-4-3-5-11-21/h3-16,24-25H,17H2,1-2H3,(H,29,32)/t24-,25+/m1/s1. The Hall–Kier alpha value is -3.51. The maximum atomic E-state index is 5.84. The predicted octanol–water partition coefficient (Wildman–Crippen LogP) is 5.12. The maximum Gasteiger partial charge on any atom is 0.174 e. The van der Waals surface area contributed by atoms with Crippen molar-refractivity contribution in [1.82, 2.24) is 19.9 Å². The Morgan fingerprint density at radius 3 is 2.50 bits per heavy atom. The second kappa shape index (κ2) is 8.55. The van der Waals surface area contributed by atoms with Crippen molar-refractivity contribution in [2.75, 3.05) is 4.90 Å². The molecule has 4 aromatic rings. The first kappa shape index (κ1) is 20.4. The number of benzene rings is 1. The molecule has 5 rings (SSSR count). The van der Waals surface area contributed by atoms with Crippen LogP contribution in [0.1, 0.15) is 40.3 Å². The average molecular weight is 440 g/mol. The summed E-state index contributed by atoms with van der Waals surface area (Å²) >= 11 is 5.84. The maximum absolute atomic E-state index is 5.84. The molecule has 160 valence electrons. The van der Waals surface area contributed by atoms with Crippen LogP contribution in [0.2, 0.25) is 0 Å². The predicted molar refractivity (Wildman–Crippen MR) is 132 cm³/mol. The molecule has 0 aliphatic carbocycles. The topological polar surface area (TPSA) is 46.0 Å². The van der Waals surface area contributed by atoms with Gasteiger partial charge in [-0.1, -0.05) is 30.3 Å². The summed E-state index contributed by atoms with van der Waals surface area (Å²) in [4.78, 5) is 11.2. The smallest absolute Gasteiger partial charge is 0.174 e. The molecule has 1 aliphatic heterocycles. The van der Waals surface area contributed by atoms with E-state index in [2.05, 4.69) is 81.1 Å². The van der Waals surface area contributed by atoms with Gasteiger partial charge in [0.2, 0.25) is 0 Å². The lowest BCUT2D eigenvalue weighted by Crippen LogP contribution is -2.29. The van der Waals surface area contributed by atoms with Crippen LogP contribution in [-0.2, 0) is 6.54 Å². The van der Waals surface area contributed by atoms with Crippen LogP contribution in [0, 0.1) is 13.8 Å². The van der Waals surface area contributed by atoms with Crippen LogP contribution < -0.4 is 10.2 Å². The van der Waals surface area contributed by atoms with E-state index in [0.29, 0.717) is 5.11 Å². The summed E-state index contributed by atoms with van der Waals surface area (Å²) in [5.41, 5.74) is 6.93. The van der Waals surface area contributed by atoms with Gasteiger partial charge in [0.1, 0.15) is 0 Å². The van der Waals surface area contributed by atoms with Crippen molar-refractivity contribution in [2.24, 2.45) is 0 Å². The molecule has 6 heteroatoms. The fourth-order valence-electron chi connectivity index (χ4n) is 4.58. The van der Waals surface area contributed by atoms with E-state index in [1.165, 1.54) is 22.5 Å². The highest BCUT2D eigenvalue weighted by Gasteiger charge is 2.42. The molecule has 0 amide bonds. The molecule has 5 nitrogen and oxygen atoms in total. The first-order chi connectivity index (χ1) is 15.6. The number of nitrogens with one attached hydrogen (secondary N) is 1. The number of thiocarbonyl (C=S) groups is 1. The number of anilines is 1. The van der Waals surface area contributed by atoms with Crippen LogP contribution in [0.3, 0.4) is 0 Å². The summed E-state index contributed by atoms with van der Waals surface area (Å²) in [6.07, 6.45) is 5.58. The highest BCUT2D eigenvalue weighted by molar-refractivity contribution is 7.80. The number of hydrogen-bond acceptors (Lipinski definition) is 3. The largest absolute Gasteiger partial charge is 0.351 e. The molecule has 0 radical (unpaired) electrons. The van der Waals surface area contributed by atoms with Gasteiger partial charge < -0.3 is 14.8 Å². The van der Waals surface area contributed by atoms with Gasteiger partial charge in [0.25, 0.3) is 0 Å². The molecule has 4 heterocycles. The Balaban J connectivity index is 1.62. The molecule has 32 heavy (non-hydrogen) atoms. The second-order valence-corrected chi connectivity index (χ2v) is 8.49. The second-order valence-electron chi connectivity index (χ2n) is 8.11. The SMILES string of the molecule is Cc1cc([C@H]2[C@@H](c3ccccn3)NC(=S)N2c2ccccc2)c(C)n1Cc1cccnc1. The summed E-state index contributed by atoms with van der Waals surface area (Å²) in [6.45, 7) is 5.14. The van der Waals surface area contributed by atoms with Gasteiger partial charge in [-0.15, -0.1) is 0 Å². The number of hydrogen-bond donors (Lipinski definition) is 1. The average Bonchev–Trinajstić information content (AvgIpc) is 3.32. The minimum Gasteiger partial charge on any atom is -0.351 e. The fraction of sp³-hybridized carbons (Fsp3) is 0.192. The Labute approximate surface area is 193 Å². The zero-order valence-corrected chi connectivity index (χ0v) is 19.0. The van der Waals surface area contributed by atoms with Gasteiger partial charge in [-0.2, -0.15) is 0 Å². The van der Waals surface area contributed by atoms with Crippen molar-refractivity contribution in [3.05, 3.63) is 114 Å². The number of pyridine rings is 2. The van der Waals surface area contributed by atoms with Gasteiger partial charge in [0.15, 0.2) is 5.11 Å². The molecule has 2 atom stereocenters. The van der Waals surface area contributed by atoms with Gasteiger partial charge in [-0.25, -0.2) is 0 Å². The van der Waals surface area contributed by atoms with Gasteiger partial charge >= 0.3 is 0 Å². The molecule has 1 aromatic carbocycles. The first-order valence-corrected chi connectivity index (χ1v) is 11.2. The van der Waals surface area contributed by atoms with Crippen molar-refractivity contribution >= 4 is 23.0 Å². The van der Waals surface area contributed by atoms with E-state index in [-0.39, 0.29) is 12.1 Å². The summed E-state index contributed by atoms with van der Waals surface area (Å²) in [5.74, 6) is 0. The molecule has 3 aromatic heterocycles. The van der Waals surface area contributed by atoms with Gasteiger partial charge in [0.05, 0.1) is 17.8 Å². The molecule has 1 aliphatic rings. The normalized spacial score (nSPS) is 18.1. The summed E-state index contributed by atoms with van der Waals surface area (Å²) in [7, 11) is 0. The lowest BCUT2D eigenvalue weighted by Gasteiger charge is -2.28. The number of para-hydroxylation sites is 1. The third kappa shape index (κ3) is 3.67. The molecule has 0 unspecified atom stereocenters. The molecule has 1 fully saturated rings. The molecular weight excluding hydrogens is 414 g/mol. The summed E-state index contributed by atoms with van der Waals surface area (Å²) in [5, 5.41) is 4.27. The van der Waals surface area contributed by atoms with Gasteiger partial charge in [-0.05, 0) is 73.6 Å². The molecule has 0 spiro atoms. The minimum absolute atomic E-state index is 0.00588. The zero-order chi connectivity index (χ0) is 22.1. The summed E-state index contributed by atoms with van der Waals surface area (Å²) < 4.78 is 2.35. The number of nitrogens with zero attached hydrogens (tertiary/aromatic N) is 4. The monoisotopic (exact) mass is 439 g/mol. The Bertz CT molecular complexity index is 1220. The molecule has 0 bridgehead atoms. The molecule has 0 saturated carbocycles. The van der Waals surface area contributed by atoms with Crippen LogP contribution in [0.25, 0.3) is 0 Å². The minimum atomic E-state index is -0.0451. The van der Waals surface area contributed by atoms with Gasteiger partial charge in [0, 0.05) is 42.2 Å². The quantitative estimate of drug-likeness (QED) is 0.437. The fourth-order valence-corrected chi connectivity index (χ4v) is 4.93. The van der Waals surface area contributed by atoms with Crippen molar-refractivity contribution in [3.8, 4) is 0 Å². The van der Waals surface area contributed by atoms with E-state index in [1.54, 1.807) is 0 Å². The highest BCUT2D eigenvalue weighted by atomic mass is 32.1.